The third kappa shape index (κ3) is 5.44. The molecule has 0 bridgehead atoms. The second-order valence-electron chi connectivity index (χ2n) is 2.50. The number of hydrogen-bond acceptors (Lipinski definition) is 2. The number of carbonyl (C=O) groups is 1. The topological polar surface area (TPSA) is 46.5 Å². The van der Waals surface area contributed by atoms with Gasteiger partial charge < -0.3 is 9.84 Å². The Bertz CT molecular complexity index is 391. The number of ether oxygens (including phenoxy) is 1. The van der Waals surface area contributed by atoms with Crippen LogP contribution in [0.15, 0.2) is 18.2 Å². The molecule has 1 aromatic carbocycles. The van der Waals surface area contributed by atoms with Crippen LogP contribution in [0.1, 0.15) is 24.2 Å². The summed E-state index contributed by atoms with van der Waals surface area (Å²) in [5.74, 6) is -1.91. The molecule has 0 heterocycles. The smallest absolute Gasteiger partial charge is 0.478 e. The van der Waals surface area contributed by atoms with Crippen molar-refractivity contribution in [1.29, 1.82) is 0 Å². The van der Waals surface area contributed by atoms with Crippen molar-refractivity contribution in [3.05, 3.63) is 28.8 Å². The van der Waals surface area contributed by atoms with E-state index < -0.39 is 23.1 Å². The average Bonchev–Trinajstić information content (AvgIpc) is 2.22. The lowest BCUT2D eigenvalue weighted by Crippen LogP contribution is -2.17. The second-order valence-corrected chi connectivity index (χ2v) is 2.91. The fourth-order valence-corrected chi connectivity index (χ4v) is 1.06. The maximum Gasteiger partial charge on any atom is 0.573 e. The summed E-state index contributed by atoms with van der Waals surface area (Å²) in [6.07, 6.45) is -4.85. The molecule has 0 aliphatic carbocycles. The summed E-state index contributed by atoms with van der Waals surface area (Å²) in [5, 5.41) is 8.10. The van der Waals surface area contributed by atoms with Crippen LogP contribution in [0.4, 0.5) is 13.2 Å². The van der Waals surface area contributed by atoms with Crippen molar-refractivity contribution in [3.8, 4) is 5.75 Å². The van der Waals surface area contributed by atoms with Crippen LogP contribution in [0.2, 0.25) is 5.02 Å². The van der Waals surface area contributed by atoms with E-state index in [1.165, 1.54) is 0 Å². The minimum absolute atomic E-state index is 0.213. The third-order valence-electron chi connectivity index (χ3n) is 1.40. The Hall–Kier alpha value is -1.43. The Morgan fingerprint density at radius 3 is 2.24 bits per heavy atom. The molecule has 0 amide bonds. The molecule has 0 radical (unpaired) electrons. The van der Waals surface area contributed by atoms with Crippen molar-refractivity contribution >= 4 is 17.6 Å². The van der Waals surface area contributed by atoms with E-state index in [9.17, 15) is 18.0 Å². The van der Waals surface area contributed by atoms with Crippen LogP contribution in [0, 0.1) is 0 Å². The highest BCUT2D eigenvalue weighted by molar-refractivity contribution is 6.32. The second kappa shape index (κ2) is 6.34. The Balaban J connectivity index is 0.00000121. The number of alkyl halides is 3. The van der Waals surface area contributed by atoms with Crippen molar-refractivity contribution in [1.82, 2.24) is 0 Å². The van der Waals surface area contributed by atoms with Gasteiger partial charge in [-0.2, -0.15) is 0 Å². The summed E-state index contributed by atoms with van der Waals surface area (Å²) in [6, 6.07) is 2.69. The molecule has 1 aromatic rings. The summed E-state index contributed by atoms with van der Waals surface area (Å²) < 4.78 is 38.9. The molecule has 0 atom stereocenters. The molecule has 0 spiro atoms. The lowest BCUT2D eigenvalue weighted by atomic mass is 10.2. The molecule has 0 aliphatic heterocycles. The molecule has 0 aliphatic rings. The van der Waals surface area contributed by atoms with Crippen LogP contribution < -0.4 is 4.74 Å². The van der Waals surface area contributed by atoms with E-state index in [-0.39, 0.29) is 5.56 Å². The van der Waals surface area contributed by atoms with Crippen molar-refractivity contribution in [2.75, 3.05) is 0 Å². The van der Waals surface area contributed by atoms with Gasteiger partial charge in [-0.05, 0) is 18.2 Å². The highest BCUT2D eigenvalue weighted by Gasteiger charge is 2.32. The number of hydrogen-bond donors (Lipinski definition) is 1. The first-order chi connectivity index (χ1) is 7.79. The summed E-state index contributed by atoms with van der Waals surface area (Å²) in [5.41, 5.74) is -0.213. The third-order valence-corrected chi connectivity index (χ3v) is 1.70. The first kappa shape index (κ1) is 15.6. The van der Waals surface area contributed by atoms with Gasteiger partial charge in [-0.1, -0.05) is 25.4 Å². The van der Waals surface area contributed by atoms with Gasteiger partial charge in [0.25, 0.3) is 0 Å². The standard InChI is InChI=1S/C8H4ClF3O3.C2H6/c9-5-3-4(7(13)14)1-2-6(5)15-8(10,11)12;1-2/h1-3H,(H,13,14);1-2H3. The van der Waals surface area contributed by atoms with Crippen molar-refractivity contribution in [3.63, 3.8) is 0 Å². The van der Waals surface area contributed by atoms with Crippen LogP contribution in [-0.4, -0.2) is 17.4 Å². The number of carboxylic acid groups (broad SMARTS) is 1. The molecule has 0 saturated heterocycles. The molecule has 0 aromatic heterocycles. The Morgan fingerprint density at radius 2 is 1.88 bits per heavy atom. The van der Waals surface area contributed by atoms with Crippen LogP contribution in [0.5, 0.6) is 5.75 Å². The Kier molecular flexibility index (Phi) is 5.81. The van der Waals surface area contributed by atoms with Crippen LogP contribution >= 0.6 is 11.6 Å². The van der Waals surface area contributed by atoms with Gasteiger partial charge in [0, 0.05) is 0 Å². The predicted molar refractivity (Wildman–Crippen MR) is 56.4 cm³/mol. The fraction of sp³-hybridized carbons (Fsp3) is 0.300. The van der Waals surface area contributed by atoms with Crippen molar-refractivity contribution < 1.29 is 27.8 Å². The van der Waals surface area contributed by atoms with E-state index in [0.29, 0.717) is 0 Å². The maximum absolute atomic E-state index is 11.8. The average molecular weight is 271 g/mol. The minimum Gasteiger partial charge on any atom is -0.478 e. The largest absolute Gasteiger partial charge is 0.573 e. The quantitative estimate of drug-likeness (QED) is 0.885. The van der Waals surface area contributed by atoms with E-state index in [2.05, 4.69) is 4.74 Å². The van der Waals surface area contributed by atoms with Gasteiger partial charge in [0.2, 0.25) is 0 Å². The first-order valence-electron chi connectivity index (χ1n) is 4.58. The summed E-state index contributed by atoms with van der Waals surface area (Å²) in [4.78, 5) is 10.4. The van der Waals surface area contributed by atoms with E-state index in [4.69, 9.17) is 16.7 Å². The van der Waals surface area contributed by atoms with Gasteiger partial charge in [0.1, 0.15) is 5.75 Å². The zero-order valence-corrected chi connectivity index (χ0v) is 9.76. The molecule has 0 fully saturated rings. The molecule has 96 valence electrons. The van der Waals surface area contributed by atoms with Gasteiger partial charge in [-0.3, -0.25) is 0 Å². The van der Waals surface area contributed by atoms with E-state index in [1.807, 2.05) is 13.8 Å². The van der Waals surface area contributed by atoms with Crippen LogP contribution in [0.25, 0.3) is 0 Å². The van der Waals surface area contributed by atoms with Crippen LogP contribution in [-0.2, 0) is 0 Å². The molecule has 0 saturated carbocycles. The number of carboxylic acids is 1. The van der Waals surface area contributed by atoms with E-state index in [0.717, 1.165) is 18.2 Å². The van der Waals surface area contributed by atoms with Crippen molar-refractivity contribution in [2.24, 2.45) is 0 Å². The summed E-state index contributed by atoms with van der Waals surface area (Å²) in [6.45, 7) is 4.00. The molecular formula is C10H10ClF3O3. The normalized spacial score (nSPS) is 10.2. The SMILES string of the molecule is CC.O=C(O)c1ccc(OC(F)(F)F)c(Cl)c1. The van der Waals surface area contributed by atoms with Gasteiger partial charge in [-0.15, -0.1) is 13.2 Å². The predicted octanol–water partition coefficient (Wildman–Crippen LogP) is 3.96. The Labute approximate surface area is 101 Å². The first-order valence-corrected chi connectivity index (χ1v) is 4.96. The van der Waals surface area contributed by atoms with Gasteiger partial charge >= 0.3 is 12.3 Å². The fourth-order valence-electron chi connectivity index (χ4n) is 0.841. The highest BCUT2D eigenvalue weighted by atomic mass is 35.5. The molecule has 17 heavy (non-hydrogen) atoms. The number of aromatic carboxylic acids is 1. The van der Waals surface area contributed by atoms with E-state index in [1.54, 1.807) is 0 Å². The van der Waals surface area contributed by atoms with Crippen LogP contribution in [0.3, 0.4) is 0 Å². The molecule has 3 nitrogen and oxygen atoms in total. The summed E-state index contributed by atoms with van der Waals surface area (Å²) in [7, 11) is 0. The molecule has 1 rings (SSSR count). The molecule has 1 N–H and O–H groups in total. The highest BCUT2D eigenvalue weighted by Crippen LogP contribution is 2.30. The molecule has 7 heteroatoms. The monoisotopic (exact) mass is 270 g/mol. The van der Waals surface area contributed by atoms with Gasteiger partial charge in [0.05, 0.1) is 10.6 Å². The zero-order valence-electron chi connectivity index (χ0n) is 9.01. The lowest BCUT2D eigenvalue weighted by Gasteiger charge is -2.10. The van der Waals surface area contributed by atoms with E-state index >= 15 is 0 Å². The number of halogens is 4. The number of benzene rings is 1. The zero-order chi connectivity index (χ0) is 13.6. The molecule has 0 unspecified atom stereocenters. The molecular weight excluding hydrogens is 261 g/mol. The Morgan fingerprint density at radius 1 is 1.35 bits per heavy atom. The van der Waals surface area contributed by atoms with Gasteiger partial charge in [0.15, 0.2) is 0 Å². The maximum atomic E-state index is 11.8. The summed E-state index contributed by atoms with van der Waals surface area (Å²) >= 11 is 5.39. The lowest BCUT2D eigenvalue weighted by molar-refractivity contribution is -0.274. The van der Waals surface area contributed by atoms with Gasteiger partial charge in [-0.25, -0.2) is 4.79 Å². The van der Waals surface area contributed by atoms with Crippen molar-refractivity contribution in [2.45, 2.75) is 20.2 Å². The number of rotatable bonds is 2. The minimum atomic E-state index is -4.85.